The second-order valence-corrected chi connectivity index (χ2v) is 7.01. The van der Waals surface area contributed by atoms with Gasteiger partial charge < -0.3 is 14.6 Å². The Morgan fingerprint density at radius 3 is 2.70 bits per heavy atom. The molecule has 0 aliphatic carbocycles. The summed E-state index contributed by atoms with van der Waals surface area (Å²) in [6.45, 7) is 4.97. The lowest BCUT2D eigenvalue weighted by molar-refractivity contribution is -0.153. The number of carboxylic acid groups (broad SMARTS) is 1. The van der Waals surface area contributed by atoms with Gasteiger partial charge in [0.2, 0.25) is 0 Å². The van der Waals surface area contributed by atoms with E-state index in [9.17, 15) is 14.7 Å². The molecule has 1 saturated heterocycles. The number of anilines is 1. The lowest BCUT2D eigenvalue weighted by atomic mass is 9.82. The van der Waals surface area contributed by atoms with Gasteiger partial charge in [0.05, 0.1) is 30.9 Å². The lowest BCUT2D eigenvalue weighted by Gasteiger charge is -2.46. The number of ether oxygens (including phenoxy) is 2. The predicted molar refractivity (Wildman–Crippen MR) is 101 cm³/mol. The number of para-hydroxylation sites is 1. The third-order valence-corrected chi connectivity index (χ3v) is 5.60. The molecule has 2 aliphatic rings. The third-order valence-electron chi connectivity index (χ3n) is 5.60. The number of methoxy groups -OCH3 is 2. The molecule has 1 unspecified atom stereocenters. The number of esters is 1. The van der Waals surface area contributed by atoms with E-state index in [-0.39, 0.29) is 24.2 Å². The first-order valence-electron chi connectivity index (χ1n) is 9.07. The van der Waals surface area contributed by atoms with Crippen LogP contribution in [0.4, 0.5) is 10.5 Å². The van der Waals surface area contributed by atoms with E-state index >= 15 is 0 Å². The van der Waals surface area contributed by atoms with Crippen molar-refractivity contribution in [3.8, 4) is 0 Å². The van der Waals surface area contributed by atoms with Crippen LogP contribution in [0.25, 0.3) is 0 Å². The van der Waals surface area contributed by atoms with Gasteiger partial charge in [-0.3, -0.25) is 14.6 Å². The van der Waals surface area contributed by atoms with Crippen molar-refractivity contribution in [2.75, 3.05) is 32.2 Å². The Bertz CT molecular complexity index is 722. The minimum atomic E-state index is -1.01. The summed E-state index contributed by atoms with van der Waals surface area (Å²) in [6.07, 6.45) is 1.70. The van der Waals surface area contributed by atoms with Gasteiger partial charge in [-0.2, -0.15) is 0 Å². The molecular formula is C20H26N2O5. The predicted octanol–water partition coefficient (Wildman–Crippen LogP) is 2.16. The maximum Gasteiger partial charge on any atom is 0.412 e. The van der Waals surface area contributed by atoms with E-state index in [0.717, 1.165) is 5.56 Å². The number of likely N-dealkylation sites (tertiary alicyclic amines) is 1. The monoisotopic (exact) mass is 374 g/mol. The number of nitrogens with zero attached hydrogens (tertiary/aromatic N) is 2. The standard InChI is InChI=1S/C20H26N2O5/c1-4-9-21-12-14(26-2)11-15(19(23)27-3)18(21)17-10-13-7-5-6-8-16(13)22(17)20(24)25/h4-8,14-15,17-18H,1,9-12H2,2-3H3,(H,24,25)/t14-,15-,17?,18+/m0/s1. The highest BCUT2D eigenvalue weighted by Gasteiger charge is 2.49. The van der Waals surface area contributed by atoms with Crippen LogP contribution >= 0.6 is 0 Å². The van der Waals surface area contributed by atoms with Gasteiger partial charge in [0.25, 0.3) is 0 Å². The summed E-state index contributed by atoms with van der Waals surface area (Å²) in [6, 6.07) is 6.81. The number of fused-ring (bicyclic) bond motifs is 1. The topological polar surface area (TPSA) is 79.3 Å². The Labute approximate surface area is 159 Å². The molecule has 146 valence electrons. The first-order valence-corrected chi connectivity index (χ1v) is 9.07. The van der Waals surface area contributed by atoms with Crippen LogP contribution < -0.4 is 4.90 Å². The van der Waals surface area contributed by atoms with E-state index in [1.54, 1.807) is 13.2 Å². The fraction of sp³-hybridized carbons (Fsp3) is 0.500. The smallest absolute Gasteiger partial charge is 0.412 e. The van der Waals surface area contributed by atoms with Crippen LogP contribution in [0.2, 0.25) is 0 Å². The van der Waals surface area contributed by atoms with Gasteiger partial charge in [-0.1, -0.05) is 24.3 Å². The Morgan fingerprint density at radius 2 is 2.07 bits per heavy atom. The SMILES string of the molecule is C=CCN1C[C@@H](OC)C[C@H](C(=O)OC)[C@@H]1C1Cc2ccccc2N1C(=O)O. The van der Waals surface area contributed by atoms with Crippen molar-refractivity contribution in [3.63, 3.8) is 0 Å². The quantitative estimate of drug-likeness (QED) is 0.629. The highest BCUT2D eigenvalue weighted by molar-refractivity contribution is 5.90. The molecule has 2 heterocycles. The minimum absolute atomic E-state index is 0.118. The number of benzene rings is 1. The number of hydrogen-bond acceptors (Lipinski definition) is 5. The molecule has 0 radical (unpaired) electrons. The molecule has 1 amide bonds. The number of piperidine rings is 1. The fourth-order valence-corrected chi connectivity index (χ4v) is 4.50. The zero-order valence-corrected chi connectivity index (χ0v) is 15.7. The number of carbonyl (C=O) groups excluding carboxylic acids is 1. The van der Waals surface area contributed by atoms with E-state index in [1.165, 1.54) is 12.0 Å². The molecule has 7 nitrogen and oxygen atoms in total. The molecule has 4 atom stereocenters. The van der Waals surface area contributed by atoms with Crippen molar-refractivity contribution in [1.29, 1.82) is 0 Å². The van der Waals surface area contributed by atoms with Crippen molar-refractivity contribution in [1.82, 2.24) is 4.90 Å². The molecule has 1 aromatic rings. The van der Waals surface area contributed by atoms with E-state index in [4.69, 9.17) is 9.47 Å². The molecule has 2 aliphatic heterocycles. The van der Waals surface area contributed by atoms with Crippen LogP contribution in [0.5, 0.6) is 0 Å². The van der Waals surface area contributed by atoms with Crippen molar-refractivity contribution < 1.29 is 24.2 Å². The summed E-state index contributed by atoms with van der Waals surface area (Å²) in [5.41, 5.74) is 1.66. The summed E-state index contributed by atoms with van der Waals surface area (Å²) in [5, 5.41) is 9.90. The molecule has 7 heteroatoms. The van der Waals surface area contributed by atoms with Crippen molar-refractivity contribution >= 4 is 17.7 Å². The fourth-order valence-electron chi connectivity index (χ4n) is 4.50. The summed E-state index contributed by atoms with van der Waals surface area (Å²) in [4.78, 5) is 28.2. The van der Waals surface area contributed by atoms with E-state index in [0.29, 0.717) is 31.6 Å². The van der Waals surface area contributed by atoms with Crippen LogP contribution in [0.1, 0.15) is 12.0 Å². The first-order chi connectivity index (χ1) is 13.0. The largest absolute Gasteiger partial charge is 0.469 e. The second-order valence-electron chi connectivity index (χ2n) is 7.01. The molecule has 0 spiro atoms. The Balaban J connectivity index is 2.02. The third kappa shape index (κ3) is 3.57. The zero-order chi connectivity index (χ0) is 19.6. The molecule has 0 bridgehead atoms. The average molecular weight is 374 g/mol. The van der Waals surface area contributed by atoms with Crippen LogP contribution in [0.3, 0.4) is 0 Å². The molecule has 1 aromatic carbocycles. The van der Waals surface area contributed by atoms with Crippen molar-refractivity contribution in [2.45, 2.75) is 31.0 Å². The molecule has 3 rings (SSSR count). The minimum Gasteiger partial charge on any atom is -0.469 e. The molecule has 27 heavy (non-hydrogen) atoms. The van der Waals surface area contributed by atoms with Gasteiger partial charge in [0.1, 0.15) is 0 Å². The van der Waals surface area contributed by atoms with Crippen LogP contribution in [0, 0.1) is 5.92 Å². The molecule has 1 N–H and O–H groups in total. The van der Waals surface area contributed by atoms with Gasteiger partial charge in [0.15, 0.2) is 0 Å². The maximum atomic E-state index is 12.6. The average Bonchev–Trinajstić information content (AvgIpc) is 3.06. The summed E-state index contributed by atoms with van der Waals surface area (Å²) >= 11 is 0. The van der Waals surface area contributed by atoms with Crippen LogP contribution in [-0.4, -0.2) is 67.6 Å². The Kier molecular flexibility index (Phi) is 5.82. The van der Waals surface area contributed by atoms with Crippen LogP contribution in [-0.2, 0) is 20.7 Å². The molecular weight excluding hydrogens is 348 g/mol. The summed E-state index contributed by atoms with van der Waals surface area (Å²) in [7, 11) is 2.99. The van der Waals surface area contributed by atoms with Crippen molar-refractivity contribution in [3.05, 3.63) is 42.5 Å². The summed E-state index contributed by atoms with van der Waals surface area (Å²) < 4.78 is 10.6. The number of hydrogen-bond donors (Lipinski definition) is 1. The van der Waals surface area contributed by atoms with Crippen molar-refractivity contribution in [2.24, 2.45) is 5.92 Å². The van der Waals surface area contributed by atoms with Gasteiger partial charge >= 0.3 is 12.1 Å². The van der Waals surface area contributed by atoms with E-state index in [1.807, 2.05) is 24.3 Å². The first kappa shape index (κ1) is 19.4. The molecule has 0 saturated carbocycles. The Morgan fingerprint density at radius 1 is 1.33 bits per heavy atom. The van der Waals surface area contributed by atoms with E-state index in [2.05, 4.69) is 11.5 Å². The second kappa shape index (κ2) is 8.10. The zero-order valence-electron chi connectivity index (χ0n) is 15.7. The lowest BCUT2D eigenvalue weighted by Crippen LogP contribution is -2.62. The van der Waals surface area contributed by atoms with E-state index < -0.39 is 12.0 Å². The molecule has 1 fully saturated rings. The number of amides is 1. The van der Waals surface area contributed by atoms with Gasteiger partial charge in [-0.05, 0) is 24.5 Å². The number of rotatable bonds is 5. The van der Waals surface area contributed by atoms with Gasteiger partial charge in [-0.25, -0.2) is 4.79 Å². The van der Waals surface area contributed by atoms with Gasteiger partial charge in [0, 0.05) is 26.2 Å². The highest BCUT2D eigenvalue weighted by atomic mass is 16.5. The summed E-state index contributed by atoms with van der Waals surface area (Å²) in [5.74, 6) is -0.813. The Hall–Kier alpha value is -2.38. The molecule has 0 aromatic heterocycles. The maximum absolute atomic E-state index is 12.6. The number of carbonyl (C=O) groups is 2. The van der Waals surface area contributed by atoms with Gasteiger partial charge in [-0.15, -0.1) is 6.58 Å². The highest BCUT2D eigenvalue weighted by Crippen LogP contribution is 2.39. The normalized spacial score (nSPS) is 27.9. The van der Waals surface area contributed by atoms with Crippen LogP contribution in [0.15, 0.2) is 36.9 Å².